The van der Waals surface area contributed by atoms with Crippen LogP contribution in [0.3, 0.4) is 0 Å². The topological polar surface area (TPSA) is 44.0 Å². The molecule has 3 unspecified atom stereocenters. The Labute approximate surface area is 127 Å². The van der Waals surface area contributed by atoms with E-state index in [-0.39, 0.29) is 0 Å². The SMILES string of the molecule is CCC1CCCC(C#N)(C(O)c2ccc(Br)c(F)c2)C1. The van der Waals surface area contributed by atoms with Gasteiger partial charge in [-0.25, -0.2) is 4.39 Å². The minimum Gasteiger partial charge on any atom is -0.387 e. The molecular formula is C16H19BrFNO. The van der Waals surface area contributed by atoms with Crippen molar-refractivity contribution in [3.8, 4) is 6.07 Å². The Bertz CT molecular complexity index is 528. The summed E-state index contributed by atoms with van der Waals surface area (Å²) in [5, 5.41) is 20.2. The Morgan fingerprint density at radius 2 is 2.35 bits per heavy atom. The standard InChI is InChI=1S/C16H19BrFNO/c1-2-11-4-3-7-16(9-11,10-19)15(20)12-5-6-13(17)14(18)8-12/h5-6,8,11,15,20H,2-4,7,9H2,1H3. The zero-order valence-corrected chi connectivity index (χ0v) is 13.2. The molecule has 0 aliphatic heterocycles. The highest BCUT2D eigenvalue weighted by molar-refractivity contribution is 9.10. The van der Waals surface area contributed by atoms with E-state index < -0.39 is 17.3 Å². The lowest BCUT2D eigenvalue weighted by molar-refractivity contribution is 0.0183. The molecule has 2 rings (SSSR count). The van der Waals surface area contributed by atoms with Crippen LogP contribution in [-0.2, 0) is 0 Å². The lowest BCUT2D eigenvalue weighted by atomic mass is 9.65. The van der Waals surface area contributed by atoms with E-state index in [1.54, 1.807) is 12.1 Å². The van der Waals surface area contributed by atoms with Gasteiger partial charge in [-0.2, -0.15) is 5.26 Å². The molecule has 1 N–H and O–H groups in total. The lowest BCUT2D eigenvalue weighted by Gasteiger charge is -2.39. The average Bonchev–Trinajstić information content (AvgIpc) is 2.49. The molecule has 0 aromatic heterocycles. The third-order valence-electron chi connectivity index (χ3n) is 4.47. The summed E-state index contributed by atoms with van der Waals surface area (Å²) < 4.78 is 14.0. The molecule has 0 heterocycles. The van der Waals surface area contributed by atoms with E-state index in [2.05, 4.69) is 28.9 Å². The van der Waals surface area contributed by atoms with Gasteiger partial charge in [-0.15, -0.1) is 0 Å². The third kappa shape index (κ3) is 2.89. The van der Waals surface area contributed by atoms with Crippen LogP contribution in [0.2, 0.25) is 0 Å². The molecule has 0 saturated heterocycles. The monoisotopic (exact) mass is 339 g/mol. The third-order valence-corrected chi connectivity index (χ3v) is 5.11. The number of hydrogen-bond acceptors (Lipinski definition) is 2. The second-order valence-corrected chi connectivity index (χ2v) is 6.57. The first-order valence-corrected chi connectivity index (χ1v) is 7.86. The first-order valence-electron chi connectivity index (χ1n) is 7.06. The molecule has 1 aliphatic rings. The summed E-state index contributed by atoms with van der Waals surface area (Å²) in [5.41, 5.74) is -0.289. The summed E-state index contributed by atoms with van der Waals surface area (Å²) in [4.78, 5) is 0. The van der Waals surface area contributed by atoms with Gasteiger partial charge in [0, 0.05) is 0 Å². The van der Waals surface area contributed by atoms with Gasteiger partial charge in [0.2, 0.25) is 0 Å². The highest BCUT2D eigenvalue weighted by atomic mass is 79.9. The van der Waals surface area contributed by atoms with Crippen LogP contribution in [0.4, 0.5) is 4.39 Å². The molecule has 2 nitrogen and oxygen atoms in total. The molecule has 1 fully saturated rings. The van der Waals surface area contributed by atoms with Gasteiger partial charge in [0.15, 0.2) is 0 Å². The molecule has 1 saturated carbocycles. The Balaban J connectivity index is 2.30. The van der Waals surface area contributed by atoms with Crippen LogP contribution in [0, 0.1) is 28.5 Å². The van der Waals surface area contributed by atoms with Crippen LogP contribution < -0.4 is 0 Å². The van der Waals surface area contributed by atoms with Crippen molar-refractivity contribution in [1.82, 2.24) is 0 Å². The second kappa shape index (κ2) is 6.24. The Morgan fingerprint density at radius 3 is 2.95 bits per heavy atom. The number of rotatable bonds is 3. The average molecular weight is 340 g/mol. The summed E-state index contributed by atoms with van der Waals surface area (Å²) in [7, 11) is 0. The highest BCUT2D eigenvalue weighted by Crippen LogP contribution is 2.48. The van der Waals surface area contributed by atoms with E-state index in [0.717, 1.165) is 19.3 Å². The molecule has 4 heteroatoms. The predicted octanol–water partition coefficient (Wildman–Crippen LogP) is 4.73. The normalized spacial score (nSPS) is 27.9. The molecule has 3 atom stereocenters. The van der Waals surface area contributed by atoms with Crippen molar-refractivity contribution in [2.45, 2.75) is 45.1 Å². The maximum absolute atomic E-state index is 13.6. The molecule has 1 aliphatic carbocycles. The van der Waals surface area contributed by atoms with Crippen LogP contribution >= 0.6 is 15.9 Å². The molecule has 108 valence electrons. The van der Waals surface area contributed by atoms with E-state index in [4.69, 9.17) is 0 Å². The Morgan fingerprint density at radius 1 is 1.60 bits per heavy atom. The van der Waals surface area contributed by atoms with Gasteiger partial charge >= 0.3 is 0 Å². The second-order valence-electron chi connectivity index (χ2n) is 5.71. The predicted molar refractivity (Wildman–Crippen MR) is 79.4 cm³/mol. The van der Waals surface area contributed by atoms with Crippen molar-refractivity contribution in [1.29, 1.82) is 5.26 Å². The number of aliphatic hydroxyl groups excluding tert-OH is 1. The lowest BCUT2D eigenvalue weighted by Crippen LogP contribution is -2.33. The summed E-state index contributed by atoms with van der Waals surface area (Å²) in [5.74, 6) is 0.0656. The van der Waals surface area contributed by atoms with E-state index in [1.807, 2.05) is 0 Å². The van der Waals surface area contributed by atoms with Crippen molar-refractivity contribution in [3.63, 3.8) is 0 Å². The Hall–Kier alpha value is -0.920. The summed E-state index contributed by atoms with van der Waals surface area (Å²) in [6.07, 6.45) is 3.52. The first kappa shape index (κ1) is 15.5. The van der Waals surface area contributed by atoms with Crippen LogP contribution in [0.25, 0.3) is 0 Å². The van der Waals surface area contributed by atoms with Crippen LogP contribution in [0.1, 0.15) is 50.7 Å². The van der Waals surface area contributed by atoms with Crippen molar-refractivity contribution < 1.29 is 9.50 Å². The molecule has 0 spiro atoms. The quantitative estimate of drug-likeness (QED) is 0.864. The maximum atomic E-state index is 13.6. The van der Waals surface area contributed by atoms with Crippen molar-refractivity contribution in [3.05, 3.63) is 34.1 Å². The molecule has 0 radical (unpaired) electrons. The summed E-state index contributed by atoms with van der Waals surface area (Å²) in [6, 6.07) is 6.92. The fourth-order valence-corrected chi connectivity index (χ4v) is 3.43. The molecule has 20 heavy (non-hydrogen) atoms. The fourth-order valence-electron chi connectivity index (χ4n) is 3.19. The van der Waals surface area contributed by atoms with Crippen molar-refractivity contribution in [2.75, 3.05) is 0 Å². The zero-order valence-electron chi connectivity index (χ0n) is 11.6. The largest absolute Gasteiger partial charge is 0.387 e. The number of halogens is 2. The van der Waals surface area contributed by atoms with Gasteiger partial charge < -0.3 is 5.11 Å². The number of hydrogen-bond donors (Lipinski definition) is 1. The van der Waals surface area contributed by atoms with Gasteiger partial charge in [0.05, 0.1) is 22.1 Å². The highest BCUT2D eigenvalue weighted by Gasteiger charge is 2.43. The van der Waals surface area contributed by atoms with Crippen LogP contribution in [-0.4, -0.2) is 5.11 Å². The smallest absolute Gasteiger partial charge is 0.137 e. The number of benzene rings is 1. The Kier molecular flexibility index (Phi) is 4.82. The number of nitrogens with zero attached hydrogens (tertiary/aromatic N) is 1. The van der Waals surface area contributed by atoms with Crippen LogP contribution in [0.15, 0.2) is 22.7 Å². The molecule has 0 bridgehead atoms. The summed E-state index contributed by atoms with van der Waals surface area (Å²) >= 11 is 3.10. The van der Waals surface area contributed by atoms with Gasteiger partial charge in [-0.05, 0) is 52.4 Å². The molecular weight excluding hydrogens is 321 g/mol. The fraction of sp³-hybridized carbons (Fsp3) is 0.562. The molecule has 1 aromatic rings. The van der Waals surface area contributed by atoms with Gasteiger partial charge in [-0.1, -0.05) is 32.3 Å². The number of aliphatic hydroxyl groups is 1. The van der Waals surface area contributed by atoms with Gasteiger partial charge in [0.1, 0.15) is 5.82 Å². The molecule has 1 aromatic carbocycles. The zero-order chi connectivity index (χ0) is 14.8. The van der Waals surface area contributed by atoms with Crippen molar-refractivity contribution in [2.24, 2.45) is 11.3 Å². The van der Waals surface area contributed by atoms with E-state index in [0.29, 0.717) is 28.8 Å². The number of nitriles is 1. The minimum atomic E-state index is -0.926. The van der Waals surface area contributed by atoms with Gasteiger partial charge in [0.25, 0.3) is 0 Å². The summed E-state index contributed by atoms with van der Waals surface area (Å²) in [6.45, 7) is 2.11. The van der Waals surface area contributed by atoms with Crippen molar-refractivity contribution >= 4 is 15.9 Å². The molecule has 0 amide bonds. The van der Waals surface area contributed by atoms with E-state index in [9.17, 15) is 14.8 Å². The van der Waals surface area contributed by atoms with Gasteiger partial charge in [-0.3, -0.25) is 0 Å². The van der Waals surface area contributed by atoms with E-state index in [1.165, 1.54) is 6.07 Å². The first-order chi connectivity index (χ1) is 9.52. The maximum Gasteiger partial charge on any atom is 0.137 e. The minimum absolute atomic E-state index is 0.370. The van der Waals surface area contributed by atoms with E-state index >= 15 is 0 Å². The van der Waals surface area contributed by atoms with Crippen LogP contribution in [0.5, 0.6) is 0 Å².